The molecular weight excluding hydrogens is 363 g/mol. The lowest BCUT2D eigenvalue weighted by Gasteiger charge is -2.16. The standard InChI is InChI=1S/C25H23FN2O/c1-17-13-22-23(14-18(17)2)28(16-27-22)25(26)21(19-9-5-3-6-10-19)15-24(29)20-11-7-4-8-12-20/h3-14,16,24,29H,15H2,1-2H3. The van der Waals surface area contributed by atoms with Crippen LogP contribution in [0.3, 0.4) is 0 Å². The van der Waals surface area contributed by atoms with E-state index >= 15 is 4.39 Å². The minimum atomic E-state index is -0.809. The minimum absolute atomic E-state index is 0.157. The average Bonchev–Trinajstić information content (AvgIpc) is 3.15. The topological polar surface area (TPSA) is 38.0 Å². The first kappa shape index (κ1) is 19.1. The van der Waals surface area contributed by atoms with E-state index in [1.807, 2.05) is 86.6 Å². The molecule has 1 aromatic heterocycles. The fourth-order valence-corrected chi connectivity index (χ4v) is 3.51. The number of aliphatic hydroxyl groups is 1. The second-order valence-electron chi connectivity index (χ2n) is 7.31. The molecule has 0 aliphatic rings. The molecule has 1 unspecified atom stereocenters. The maximum Gasteiger partial charge on any atom is 0.203 e. The van der Waals surface area contributed by atoms with Crippen molar-refractivity contribution in [1.82, 2.24) is 9.55 Å². The molecule has 0 aliphatic carbocycles. The molecular formula is C25H23FN2O. The van der Waals surface area contributed by atoms with Gasteiger partial charge in [-0.2, -0.15) is 4.39 Å². The number of hydrogen-bond donors (Lipinski definition) is 1. The SMILES string of the molecule is Cc1cc2ncn(C(F)=C(CC(O)c3ccccc3)c3ccccc3)c2cc1C. The van der Waals surface area contributed by atoms with Crippen LogP contribution in [0.1, 0.15) is 34.8 Å². The van der Waals surface area contributed by atoms with Gasteiger partial charge in [-0.25, -0.2) is 4.98 Å². The molecule has 3 nitrogen and oxygen atoms in total. The van der Waals surface area contributed by atoms with E-state index in [1.54, 1.807) is 0 Å². The normalized spacial score (nSPS) is 13.4. The second kappa shape index (κ2) is 8.02. The molecule has 1 heterocycles. The summed E-state index contributed by atoms with van der Waals surface area (Å²) < 4.78 is 17.3. The fourth-order valence-electron chi connectivity index (χ4n) is 3.51. The molecule has 4 rings (SSSR count). The summed E-state index contributed by atoms with van der Waals surface area (Å²) in [5.41, 5.74) is 5.61. The van der Waals surface area contributed by atoms with Crippen molar-refractivity contribution in [3.05, 3.63) is 101 Å². The van der Waals surface area contributed by atoms with E-state index in [2.05, 4.69) is 4.98 Å². The molecule has 29 heavy (non-hydrogen) atoms. The van der Waals surface area contributed by atoms with Gasteiger partial charge in [0.25, 0.3) is 0 Å². The molecule has 0 saturated heterocycles. The Labute approximate surface area is 169 Å². The van der Waals surface area contributed by atoms with Crippen LogP contribution in [0.4, 0.5) is 4.39 Å². The van der Waals surface area contributed by atoms with Crippen LogP contribution in [-0.4, -0.2) is 14.7 Å². The Morgan fingerprint density at radius 1 is 0.966 bits per heavy atom. The maximum absolute atomic E-state index is 15.8. The first-order chi connectivity index (χ1) is 14.0. The van der Waals surface area contributed by atoms with Gasteiger partial charge in [0.2, 0.25) is 5.95 Å². The van der Waals surface area contributed by atoms with Gasteiger partial charge in [0.05, 0.1) is 17.1 Å². The molecule has 4 heteroatoms. The zero-order valence-electron chi connectivity index (χ0n) is 16.5. The summed E-state index contributed by atoms with van der Waals surface area (Å²) in [5, 5.41) is 10.8. The van der Waals surface area contributed by atoms with Gasteiger partial charge < -0.3 is 5.11 Å². The number of benzene rings is 3. The summed E-state index contributed by atoms with van der Waals surface area (Å²) in [6.45, 7) is 4.02. The van der Waals surface area contributed by atoms with E-state index in [0.29, 0.717) is 11.1 Å². The first-order valence-electron chi connectivity index (χ1n) is 9.66. The van der Waals surface area contributed by atoms with E-state index in [4.69, 9.17) is 0 Å². The Balaban J connectivity index is 1.84. The predicted octanol–water partition coefficient (Wildman–Crippen LogP) is 6.07. The molecule has 1 N–H and O–H groups in total. The van der Waals surface area contributed by atoms with Crippen LogP contribution in [0, 0.1) is 13.8 Å². The molecule has 146 valence electrons. The van der Waals surface area contributed by atoms with Crippen LogP contribution >= 0.6 is 0 Å². The third-order valence-corrected chi connectivity index (χ3v) is 5.33. The highest BCUT2D eigenvalue weighted by molar-refractivity contribution is 5.87. The molecule has 3 aromatic carbocycles. The van der Waals surface area contributed by atoms with E-state index in [0.717, 1.165) is 27.8 Å². The lowest BCUT2D eigenvalue weighted by Crippen LogP contribution is -2.03. The monoisotopic (exact) mass is 386 g/mol. The summed E-state index contributed by atoms with van der Waals surface area (Å²) in [6.07, 6.45) is 0.858. The van der Waals surface area contributed by atoms with Gasteiger partial charge in [0.15, 0.2) is 0 Å². The van der Waals surface area contributed by atoms with Crippen LogP contribution < -0.4 is 0 Å². The number of aliphatic hydroxyl groups excluding tert-OH is 1. The van der Waals surface area contributed by atoms with Gasteiger partial charge in [-0.05, 0) is 48.2 Å². The number of aromatic nitrogens is 2. The van der Waals surface area contributed by atoms with Crippen molar-refractivity contribution in [2.75, 3.05) is 0 Å². The predicted molar refractivity (Wildman–Crippen MR) is 116 cm³/mol. The Kier molecular flexibility index (Phi) is 5.28. The molecule has 0 bridgehead atoms. The van der Waals surface area contributed by atoms with Crippen LogP contribution in [0.2, 0.25) is 0 Å². The largest absolute Gasteiger partial charge is 0.388 e. The minimum Gasteiger partial charge on any atom is -0.388 e. The van der Waals surface area contributed by atoms with Crippen molar-refractivity contribution < 1.29 is 9.50 Å². The summed E-state index contributed by atoms with van der Waals surface area (Å²) >= 11 is 0. The first-order valence-corrected chi connectivity index (χ1v) is 9.66. The fraction of sp³-hybridized carbons (Fsp3) is 0.160. The summed E-state index contributed by atoms with van der Waals surface area (Å²) in [4.78, 5) is 4.38. The van der Waals surface area contributed by atoms with Crippen molar-refractivity contribution in [1.29, 1.82) is 0 Å². The quantitative estimate of drug-likeness (QED) is 0.452. The summed E-state index contributed by atoms with van der Waals surface area (Å²) in [7, 11) is 0. The van der Waals surface area contributed by atoms with Gasteiger partial charge in [-0.15, -0.1) is 0 Å². The Morgan fingerprint density at radius 3 is 2.28 bits per heavy atom. The number of aryl methyl sites for hydroxylation is 2. The Hall–Kier alpha value is -3.24. The zero-order chi connectivity index (χ0) is 20.4. The van der Waals surface area contributed by atoms with Gasteiger partial charge in [0, 0.05) is 12.0 Å². The average molecular weight is 386 g/mol. The number of hydrogen-bond acceptors (Lipinski definition) is 2. The molecule has 0 radical (unpaired) electrons. The molecule has 0 spiro atoms. The van der Waals surface area contributed by atoms with E-state index in [1.165, 1.54) is 10.9 Å². The molecule has 0 saturated carbocycles. The van der Waals surface area contributed by atoms with Gasteiger partial charge in [-0.3, -0.25) is 4.57 Å². The maximum atomic E-state index is 15.8. The third-order valence-electron chi connectivity index (χ3n) is 5.33. The third kappa shape index (κ3) is 3.84. The zero-order valence-corrected chi connectivity index (χ0v) is 16.5. The van der Waals surface area contributed by atoms with Crippen molar-refractivity contribution in [2.45, 2.75) is 26.4 Å². The number of fused-ring (bicyclic) bond motifs is 1. The smallest absolute Gasteiger partial charge is 0.203 e. The highest BCUT2D eigenvalue weighted by Crippen LogP contribution is 2.34. The van der Waals surface area contributed by atoms with Crippen molar-refractivity contribution in [3.8, 4) is 0 Å². The van der Waals surface area contributed by atoms with Crippen molar-refractivity contribution in [3.63, 3.8) is 0 Å². The highest BCUT2D eigenvalue weighted by Gasteiger charge is 2.19. The van der Waals surface area contributed by atoms with Gasteiger partial charge in [0.1, 0.15) is 6.33 Å². The molecule has 0 amide bonds. The number of halogens is 1. The van der Waals surface area contributed by atoms with E-state index < -0.39 is 12.1 Å². The lowest BCUT2D eigenvalue weighted by molar-refractivity contribution is 0.184. The van der Waals surface area contributed by atoms with Crippen LogP contribution in [0.5, 0.6) is 0 Å². The molecule has 4 aromatic rings. The number of imidazole rings is 1. The van der Waals surface area contributed by atoms with Crippen LogP contribution in [0.15, 0.2) is 79.1 Å². The van der Waals surface area contributed by atoms with Crippen LogP contribution in [-0.2, 0) is 0 Å². The van der Waals surface area contributed by atoms with Crippen molar-refractivity contribution in [2.24, 2.45) is 0 Å². The molecule has 0 fully saturated rings. The highest BCUT2D eigenvalue weighted by atomic mass is 19.1. The van der Waals surface area contributed by atoms with E-state index in [9.17, 15) is 5.11 Å². The Morgan fingerprint density at radius 2 is 1.59 bits per heavy atom. The molecule has 0 aliphatic heterocycles. The number of nitrogens with zero attached hydrogens (tertiary/aromatic N) is 2. The van der Waals surface area contributed by atoms with Gasteiger partial charge in [-0.1, -0.05) is 60.7 Å². The lowest BCUT2D eigenvalue weighted by atomic mass is 9.96. The van der Waals surface area contributed by atoms with Gasteiger partial charge >= 0.3 is 0 Å². The molecule has 1 atom stereocenters. The summed E-state index contributed by atoms with van der Waals surface area (Å²) in [6, 6.07) is 22.6. The van der Waals surface area contributed by atoms with E-state index in [-0.39, 0.29) is 6.42 Å². The van der Waals surface area contributed by atoms with Crippen molar-refractivity contribution >= 4 is 22.6 Å². The number of rotatable bonds is 5. The van der Waals surface area contributed by atoms with Crippen LogP contribution in [0.25, 0.3) is 22.6 Å². The second-order valence-corrected chi connectivity index (χ2v) is 7.31. The summed E-state index contributed by atoms with van der Waals surface area (Å²) in [5.74, 6) is -0.420. The Bertz CT molecular complexity index is 1160.